The lowest BCUT2D eigenvalue weighted by molar-refractivity contribution is -0.149. The van der Waals surface area contributed by atoms with Crippen LogP contribution >= 0.6 is 15.9 Å². The second-order valence-corrected chi connectivity index (χ2v) is 13.6. The van der Waals surface area contributed by atoms with Crippen LogP contribution in [0.5, 0.6) is 5.75 Å². The van der Waals surface area contributed by atoms with Gasteiger partial charge in [0.2, 0.25) is 17.7 Å². The van der Waals surface area contributed by atoms with Gasteiger partial charge in [0, 0.05) is 30.3 Å². The summed E-state index contributed by atoms with van der Waals surface area (Å²) >= 11 is 3.60. The number of allylic oxidation sites excluding steroid dienone is 2. The number of rotatable bonds is 3. The molecule has 0 saturated heterocycles. The van der Waals surface area contributed by atoms with Gasteiger partial charge in [-0.1, -0.05) is 55.8 Å². The number of aromatic hydroxyl groups is 1. The monoisotopic (exact) mass is 708 g/mol. The molecule has 1 aliphatic rings. The van der Waals surface area contributed by atoms with E-state index in [0.717, 1.165) is 22.0 Å². The molecule has 6 atom stereocenters. The summed E-state index contributed by atoms with van der Waals surface area (Å²) in [5.74, 6) is -1.93. The average molecular weight is 710 g/mol. The van der Waals surface area contributed by atoms with Crippen molar-refractivity contribution < 1.29 is 29.0 Å². The number of para-hydroxylation sites is 1. The zero-order valence-corrected chi connectivity index (χ0v) is 29.4. The molecule has 0 radical (unpaired) electrons. The molecule has 0 fully saturated rings. The maximum Gasteiger partial charge on any atom is 0.308 e. The lowest BCUT2D eigenvalue weighted by Crippen LogP contribution is -2.55. The number of hydrogen-bond donors (Lipinski definition) is 4. The quantitative estimate of drug-likeness (QED) is 0.203. The number of likely N-dealkylation sites (N-methyl/N-ethyl adjacent to an activating group) is 1. The van der Waals surface area contributed by atoms with Crippen LogP contribution < -0.4 is 10.6 Å². The van der Waals surface area contributed by atoms with Gasteiger partial charge in [-0.2, -0.15) is 0 Å². The van der Waals surface area contributed by atoms with Crippen LogP contribution in [0.2, 0.25) is 0 Å². The molecule has 0 spiro atoms. The molecule has 0 saturated carbocycles. The third kappa shape index (κ3) is 9.24. The Hall–Kier alpha value is -4.12. The van der Waals surface area contributed by atoms with E-state index in [4.69, 9.17) is 4.74 Å². The standard InChI is InChI=1S/C36H45BrN4O6/c1-20-15-21(2)17-23(4)47-32(43)19-30(25-11-13-26(42)14-12-25)40-35(45)31(18-28-27-9-7-8-10-29(27)39-33(28)37)41(6)36(46)24(5)38-34(44)22(3)16-20/h7-15,21-24,30-31,39,42H,16-19H2,1-6H3,(H,38,44)(H,40,45)/t21-,22+,23-,24?,30+,31?/m0/s1. The Labute approximate surface area is 284 Å². The largest absolute Gasteiger partial charge is 0.508 e. The number of H-pyrrole nitrogens is 1. The zero-order valence-electron chi connectivity index (χ0n) is 27.8. The Balaban J connectivity index is 1.74. The Morgan fingerprint density at radius 2 is 1.62 bits per heavy atom. The number of benzene rings is 2. The number of carbonyl (C=O) groups is 4. The van der Waals surface area contributed by atoms with E-state index < -0.39 is 42.0 Å². The minimum atomic E-state index is -1.02. The molecule has 47 heavy (non-hydrogen) atoms. The molecule has 2 unspecified atom stereocenters. The molecule has 1 aliphatic heterocycles. The van der Waals surface area contributed by atoms with Crippen molar-refractivity contribution in [2.45, 2.75) is 84.5 Å². The second kappa shape index (κ2) is 15.6. The van der Waals surface area contributed by atoms with Gasteiger partial charge in [0.25, 0.3) is 0 Å². The molecule has 252 valence electrons. The maximum atomic E-state index is 14.3. The minimum absolute atomic E-state index is 0.0439. The van der Waals surface area contributed by atoms with Gasteiger partial charge in [-0.05, 0) is 84.8 Å². The summed E-state index contributed by atoms with van der Waals surface area (Å²) < 4.78 is 6.47. The number of nitrogens with one attached hydrogen (secondary N) is 3. The van der Waals surface area contributed by atoms with E-state index in [1.807, 2.05) is 52.0 Å². The summed E-state index contributed by atoms with van der Waals surface area (Å²) in [5.41, 5.74) is 3.29. The fourth-order valence-corrected chi connectivity index (χ4v) is 6.87. The van der Waals surface area contributed by atoms with E-state index >= 15 is 0 Å². The number of halogens is 1. The van der Waals surface area contributed by atoms with Crippen LogP contribution in [0.15, 0.2) is 64.8 Å². The van der Waals surface area contributed by atoms with Gasteiger partial charge in [-0.3, -0.25) is 19.2 Å². The molecule has 1 aromatic heterocycles. The van der Waals surface area contributed by atoms with Crippen molar-refractivity contribution in [1.82, 2.24) is 20.5 Å². The average Bonchev–Trinajstić information content (AvgIpc) is 3.32. The zero-order chi connectivity index (χ0) is 34.4. The van der Waals surface area contributed by atoms with Crippen molar-refractivity contribution in [1.29, 1.82) is 0 Å². The third-order valence-electron chi connectivity index (χ3n) is 8.67. The number of ether oxygens (including phenoxy) is 1. The first-order chi connectivity index (χ1) is 22.2. The lowest BCUT2D eigenvalue weighted by Gasteiger charge is -2.31. The van der Waals surface area contributed by atoms with Crippen LogP contribution in [-0.4, -0.2) is 63.9 Å². The van der Waals surface area contributed by atoms with E-state index in [-0.39, 0.29) is 36.3 Å². The highest BCUT2D eigenvalue weighted by molar-refractivity contribution is 9.10. The fourth-order valence-electron chi connectivity index (χ4n) is 6.28. The number of esters is 1. The molecule has 0 aliphatic carbocycles. The smallest absolute Gasteiger partial charge is 0.308 e. The molecule has 10 nitrogen and oxygen atoms in total. The molecular formula is C36H45BrN4O6. The normalized spacial score (nSPS) is 26.0. The van der Waals surface area contributed by atoms with E-state index in [1.165, 1.54) is 17.0 Å². The van der Waals surface area contributed by atoms with Gasteiger partial charge in [0.05, 0.1) is 23.2 Å². The summed E-state index contributed by atoms with van der Waals surface area (Å²) in [6.07, 6.45) is 2.76. The Morgan fingerprint density at radius 3 is 2.32 bits per heavy atom. The Kier molecular flexibility index (Phi) is 11.9. The first-order valence-electron chi connectivity index (χ1n) is 16.0. The number of phenols is 1. The SMILES string of the molecule is CC1=C[C@H](C)C[C@H](C)OC(=O)C[C@H](c2ccc(O)cc2)NC(=O)C(Cc2c(Br)[nH]c3ccccc23)N(C)C(=O)C(C)NC(=O)[C@H](C)C1. The molecule has 2 heterocycles. The van der Waals surface area contributed by atoms with Crippen molar-refractivity contribution in [2.75, 3.05) is 7.05 Å². The van der Waals surface area contributed by atoms with Gasteiger partial charge < -0.3 is 30.4 Å². The van der Waals surface area contributed by atoms with Crippen LogP contribution in [0, 0.1) is 11.8 Å². The highest BCUT2D eigenvalue weighted by atomic mass is 79.9. The van der Waals surface area contributed by atoms with E-state index in [9.17, 15) is 24.3 Å². The van der Waals surface area contributed by atoms with Gasteiger partial charge in [0.1, 0.15) is 17.8 Å². The molecule has 2 aromatic carbocycles. The predicted molar refractivity (Wildman–Crippen MR) is 184 cm³/mol. The van der Waals surface area contributed by atoms with Crippen molar-refractivity contribution >= 4 is 50.5 Å². The van der Waals surface area contributed by atoms with E-state index in [1.54, 1.807) is 26.1 Å². The number of aromatic amines is 1. The number of aromatic nitrogens is 1. The highest BCUT2D eigenvalue weighted by Gasteiger charge is 2.34. The number of hydrogen-bond acceptors (Lipinski definition) is 6. The molecule has 4 N–H and O–H groups in total. The molecule has 3 amide bonds. The minimum Gasteiger partial charge on any atom is -0.508 e. The predicted octanol–water partition coefficient (Wildman–Crippen LogP) is 5.70. The van der Waals surface area contributed by atoms with Crippen molar-refractivity contribution in [3.8, 4) is 5.75 Å². The maximum absolute atomic E-state index is 14.3. The first-order valence-corrected chi connectivity index (χ1v) is 16.8. The third-order valence-corrected chi connectivity index (χ3v) is 9.35. The van der Waals surface area contributed by atoms with Crippen LogP contribution in [-0.2, 0) is 30.3 Å². The van der Waals surface area contributed by atoms with Crippen LogP contribution in [0.25, 0.3) is 10.9 Å². The second-order valence-electron chi connectivity index (χ2n) is 12.9. The molecule has 3 aromatic rings. The first kappa shape index (κ1) is 35.7. The number of carbonyl (C=O) groups excluding carboxylic acids is 4. The molecule has 0 bridgehead atoms. The number of phenolic OH excluding ortho intramolecular Hbond substituents is 1. The summed E-state index contributed by atoms with van der Waals surface area (Å²) in [5, 5.41) is 16.7. The summed E-state index contributed by atoms with van der Waals surface area (Å²) in [4.78, 5) is 59.2. The lowest BCUT2D eigenvalue weighted by atomic mass is 9.95. The van der Waals surface area contributed by atoms with Crippen LogP contribution in [0.4, 0.5) is 0 Å². The van der Waals surface area contributed by atoms with Crippen molar-refractivity contribution in [2.24, 2.45) is 11.8 Å². The number of amides is 3. The fraction of sp³-hybridized carbons (Fsp3) is 0.444. The van der Waals surface area contributed by atoms with Crippen molar-refractivity contribution in [3.05, 3.63) is 75.9 Å². The van der Waals surface area contributed by atoms with Gasteiger partial charge in [-0.15, -0.1) is 0 Å². The molecule has 4 rings (SSSR count). The van der Waals surface area contributed by atoms with Gasteiger partial charge in [-0.25, -0.2) is 0 Å². The Bertz CT molecular complexity index is 1630. The summed E-state index contributed by atoms with van der Waals surface area (Å²) in [7, 11) is 1.55. The van der Waals surface area contributed by atoms with Gasteiger partial charge in [0.15, 0.2) is 0 Å². The Morgan fingerprint density at radius 1 is 0.936 bits per heavy atom. The van der Waals surface area contributed by atoms with E-state index in [2.05, 4.69) is 37.6 Å². The number of fused-ring (bicyclic) bond motifs is 1. The van der Waals surface area contributed by atoms with Gasteiger partial charge >= 0.3 is 5.97 Å². The number of cyclic esters (lactones) is 1. The molecular weight excluding hydrogens is 664 g/mol. The van der Waals surface area contributed by atoms with Crippen molar-refractivity contribution in [3.63, 3.8) is 0 Å². The highest BCUT2D eigenvalue weighted by Crippen LogP contribution is 2.29. The topological polar surface area (TPSA) is 141 Å². The van der Waals surface area contributed by atoms with Crippen LogP contribution in [0.3, 0.4) is 0 Å². The van der Waals surface area contributed by atoms with Crippen LogP contribution in [0.1, 0.15) is 71.0 Å². The number of nitrogens with zero attached hydrogens (tertiary/aromatic N) is 1. The summed E-state index contributed by atoms with van der Waals surface area (Å²) in [6.45, 7) is 9.27. The van der Waals surface area contributed by atoms with E-state index in [0.29, 0.717) is 23.0 Å². The summed E-state index contributed by atoms with van der Waals surface area (Å²) in [6, 6.07) is 11.2. The molecule has 11 heteroatoms.